The van der Waals surface area contributed by atoms with Gasteiger partial charge in [0.25, 0.3) is 5.91 Å². The number of methoxy groups -OCH3 is 1. The van der Waals surface area contributed by atoms with E-state index in [-0.39, 0.29) is 5.91 Å². The Morgan fingerprint density at radius 2 is 1.93 bits per heavy atom. The van der Waals surface area contributed by atoms with Gasteiger partial charge in [0.2, 0.25) is 5.88 Å². The fourth-order valence-electron chi connectivity index (χ4n) is 3.50. The Labute approximate surface area is 170 Å². The molecule has 0 saturated carbocycles. The number of hydrogen-bond donors (Lipinski definition) is 0. The molecule has 29 heavy (non-hydrogen) atoms. The van der Waals surface area contributed by atoms with Gasteiger partial charge in [-0.25, -0.2) is 9.97 Å². The van der Waals surface area contributed by atoms with Gasteiger partial charge in [0, 0.05) is 55.4 Å². The summed E-state index contributed by atoms with van der Waals surface area (Å²) in [6.45, 7) is 4.41. The molecule has 0 spiro atoms. The van der Waals surface area contributed by atoms with Crippen molar-refractivity contribution in [2.45, 2.75) is 13.0 Å². The first-order chi connectivity index (χ1) is 14.1. The van der Waals surface area contributed by atoms with Gasteiger partial charge in [0.15, 0.2) is 0 Å². The van der Waals surface area contributed by atoms with Gasteiger partial charge in [0.1, 0.15) is 11.5 Å². The van der Waals surface area contributed by atoms with Crippen LogP contribution in [0.15, 0.2) is 54.9 Å². The molecule has 4 rings (SSSR count). The van der Waals surface area contributed by atoms with E-state index in [1.165, 1.54) is 0 Å². The number of imidazole rings is 1. The first-order valence-corrected chi connectivity index (χ1v) is 9.71. The average molecular weight is 391 g/mol. The minimum atomic E-state index is -0.0395. The van der Waals surface area contributed by atoms with Crippen LogP contribution in [0.2, 0.25) is 0 Å². The molecule has 1 aliphatic heterocycles. The summed E-state index contributed by atoms with van der Waals surface area (Å²) < 4.78 is 7.10. The molecule has 1 amide bonds. The number of para-hydroxylation sites is 1. The quantitative estimate of drug-likeness (QED) is 0.684. The van der Waals surface area contributed by atoms with E-state index in [4.69, 9.17) is 9.72 Å². The number of nitrogens with zero attached hydrogens (tertiary/aromatic N) is 5. The first-order valence-electron chi connectivity index (χ1n) is 9.71. The van der Waals surface area contributed by atoms with Gasteiger partial charge in [-0.05, 0) is 32.2 Å². The molecule has 3 heterocycles. The number of benzene rings is 1. The minimum absolute atomic E-state index is 0.0395. The van der Waals surface area contributed by atoms with Gasteiger partial charge in [-0.15, -0.1) is 0 Å². The molecule has 0 N–H and O–H groups in total. The van der Waals surface area contributed by atoms with E-state index in [0.29, 0.717) is 36.5 Å². The number of piperazine rings is 1. The zero-order chi connectivity index (χ0) is 20.4. The van der Waals surface area contributed by atoms with Crippen LogP contribution < -0.4 is 4.74 Å². The number of amides is 1. The highest BCUT2D eigenvalue weighted by atomic mass is 16.5. The van der Waals surface area contributed by atoms with Crippen LogP contribution in [-0.4, -0.2) is 70.1 Å². The lowest BCUT2D eigenvalue weighted by molar-refractivity contribution is 0.0567. The second-order valence-corrected chi connectivity index (χ2v) is 7.33. The number of rotatable bonds is 4. The molecule has 3 aromatic rings. The molecule has 1 fully saturated rings. The number of aromatic nitrogens is 3. The molecule has 2 aromatic heterocycles. The van der Waals surface area contributed by atoms with Crippen molar-refractivity contribution in [2.75, 3.05) is 33.8 Å². The molecule has 7 nitrogen and oxygen atoms in total. The van der Waals surface area contributed by atoms with E-state index >= 15 is 0 Å². The van der Waals surface area contributed by atoms with Crippen LogP contribution in [0.3, 0.4) is 0 Å². The predicted octanol–water partition coefficient (Wildman–Crippen LogP) is 2.72. The summed E-state index contributed by atoms with van der Waals surface area (Å²) in [5, 5.41) is 0. The third-order valence-electron chi connectivity index (χ3n) is 5.41. The van der Waals surface area contributed by atoms with E-state index < -0.39 is 0 Å². The third-order valence-corrected chi connectivity index (χ3v) is 5.41. The molecule has 0 bridgehead atoms. The largest absolute Gasteiger partial charge is 0.481 e. The average Bonchev–Trinajstić information content (AvgIpc) is 3.21. The molecule has 0 aliphatic carbocycles. The van der Waals surface area contributed by atoms with E-state index in [1.807, 2.05) is 52.1 Å². The van der Waals surface area contributed by atoms with Crippen molar-refractivity contribution in [2.24, 2.45) is 0 Å². The lowest BCUT2D eigenvalue weighted by atomic mass is 10.2. The smallest absolute Gasteiger partial charge is 0.274 e. The molecule has 150 valence electrons. The van der Waals surface area contributed by atoms with Gasteiger partial charge in [-0.2, -0.15) is 0 Å². The van der Waals surface area contributed by atoms with Crippen LogP contribution >= 0.6 is 0 Å². The second kappa shape index (κ2) is 8.05. The Balaban J connectivity index is 1.72. The SMILES string of the molecule is COc1ccc(-c2nc(C(=O)N3CCN(C)C(C)C3)cn2-c2ccccc2)cn1. The molecule has 1 aliphatic rings. The van der Waals surface area contributed by atoms with Crippen molar-refractivity contribution >= 4 is 5.91 Å². The van der Waals surface area contributed by atoms with Crippen LogP contribution in [0, 0.1) is 0 Å². The number of pyridine rings is 1. The number of carbonyl (C=O) groups excluding carboxylic acids is 1. The molecular weight excluding hydrogens is 366 g/mol. The Morgan fingerprint density at radius 3 is 2.59 bits per heavy atom. The lowest BCUT2D eigenvalue weighted by Crippen LogP contribution is -2.52. The van der Waals surface area contributed by atoms with Crippen molar-refractivity contribution in [3.05, 3.63) is 60.6 Å². The van der Waals surface area contributed by atoms with Crippen molar-refractivity contribution < 1.29 is 9.53 Å². The van der Waals surface area contributed by atoms with E-state index in [1.54, 1.807) is 19.4 Å². The number of carbonyl (C=O) groups is 1. The highest BCUT2D eigenvalue weighted by Gasteiger charge is 2.27. The van der Waals surface area contributed by atoms with Gasteiger partial charge in [-0.3, -0.25) is 9.36 Å². The van der Waals surface area contributed by atoms with E-state index in [9.17, 15) is 4.79 Å². The Morgan fingerprint density at radius 1 is 1.14 bits per heavy atom. The Hall–Kier alpha value is -3.19. The highest BCUT2D eigenvalue weighted by Crippen LogP contribution is 2.25. The third kappa shape index (κ3) is 3.86. The fraction of sp³-hybridized carbons (Fsp3) is 0.318. The van der Waals surface area contributed by atoms with Gasteiger partial charge < -0.3 is 14.5 Å². The summed E-state index contributed by atoms with van der Waals surface area (Å²) in [5.41, 5.74) is 2.20. The van der Waals surface area contributed by atoms with Gasteiger partial charge >= 0.3 is 0 Å². The zero-order valence-corrected chi connectivity index (χ0v) is 16.9. The number of hydrogen-bond acceptors (Lipinski definition) is 5. The van der Waals surface area contributed by atoms with Gasteiger partial charge in [0.05, 0.1) is 7.11 Å². The topological polar surface area (TPSA) is 63.5 Å². The maximum absolute atomic E-state index is 13.2. The van der Waals surface area contributed by atoms with Crippen LogP contribution in [-0.2, 0) is 0 Å². The minimum Gasteiger partial charge on any atom is -0.481 e. The summed E-state index contributed by atoms with van der Waals surface area (Å²) in [7, 11) is 3.67. The van der Waals surface area contributed by atoms with Crippen LogP contribution in [0.4, 0.5) is 0 Å². The summed E-state index contributed by atoms with van der Waals surface area (Å²) in [5.74, 6) is 1.17. The summed E-state index contributed by atoms with van der Waals surface area (Å²) in [6.07, 6.45) is 3.53. The molecule has 1 saturated heterocycles. The summed E-state index contributed by atoms with van der Waals surface area (Å²) in [4.78, 5) is 26.3. The Kier molecular flexibility index (Phi) is 5.31. The standard InChI is InChI=1S/C22H25N5O2/c1-16-14-26(12-11-25(16)2)22(28)19-15-27(18-7-5-4-6-8-18)21(24-19)17-9-10-20(29-3)23-13-17/h4-10,13,15-16H,11-12,14H2,1-3H3. The summed E-state index contributed by atoms with van der Waals surface area (Å²) >= 11 is 0. The van der Waals surface area contributed by atoms with Crippen molar-refractivity contribution in [3.8, 4) is 23.0 Å². The van der Waals surface area contributed by atoms with Crippen molar-refractivity contribution in [1.29, 1.82) is 0 Å². The molecule has 1 unspecified atom stereocenters. The van der Waals surface area contributed by atoms with Crippen molar-refractivity contribution in [1.82, 2.24) is 24.3 Å². The molecule has 1 atom stereocenters. The monoisotopic (exact) mass is 391 g/mol. The normalized spacial score (nSPS) is 17.3. The predicted molar refractivity (Wildman–Crippen MR) is 111 cm³/mol. The number of ether oxygens (including phenoxy) is 1. The van der Waals surface area contributed by atoms with Crippen LogP contribution in [0.25, 0.3) is 17.1 Å². The maximum atomic E-state index is 13.2. The van der Waals surface area contributed by atoms with Crippen LogP contribution in [0.5, 0.6) is 5.88 Å². The lowest BCUT2D eigenvalue weighted by Gasteiger charge is -2.37. The molecule has 7 heteroatoms. The molecular formula is C22H25N5O2. The Bertz CT molecular complexity index is 984. The summed E-state index contributed by atoms with van der Waals surface area (Å²) in [6, 6.07) is 13.9. The molecule has 1 aromatic carbocycles. The molecule has 0 radical (unpaired) electrons. The van der Waals surface area contributed by atoms with E-state index in [0.717, 1.165) is 17.8 Å². The first kappa shape index (κ1) is 19.1. The zero-order valence-electron chi connectivity index (χ0n) is 16.9. The van der Waals surface area contributed by atoms with Crippen molar-refractivity contribution in [3.63, 3.8) is 0 Å². The second-order valence-electron chi connectivity index (χ2n) is 7.33. The fourth-order valence-corrected chi connectivity index (χ4v) is 3.50. The van der Waals surface area contributed by atoms with E-state index in [2.05, 4.69) is 23.9 Å². The highest BCUT2D eigenvalue weighted by molar-refractivity contribution is 5.93. The van der Waals surface area contributed by atoms with Gasteiger partial charge in [-0.1, -0.05) is 18.2 Å². The van der Waals surface area contributed by atoms with Crippen LogP contribution in [0.1, 0.15) is 17.4 Å². The maximum Gasteiger partial charge on any atom is 0.274 e. The number of likely N-dealkylation sites (N-methyl/N-ethyl adjacent to an activating group) is 1.